The van der Waals surface area contributed by atoms with Gasteiger partial charge in [0.15, 0.2) is 5.78 Å². The van der Waals surface area contributed by atoms with E-state index >= 15 is 0 Å². The minimum absolute atomic E-state index is 0.0440. The van der Waals surface area contributed by atoms with Crippen LogP contribution in [0.2, 0.25) is 0 Å². The van der Waals surface area contributed by atoms with Crippen molar-refractivity contribution in [2.24, 2.45) is 0 Å². The Morgan fingerprint density at radius 1 is 1.00 bits per heavy atom. The Kier molecular flexibility index (Phi) is 9.44. The predicted octanol–water partition coefficient (Wildman–Crippen LogP) is 2.34. The van der Waals surface area contributed by atoms with Gasteiger partial charge in [-0.25, -0.2) is 0 Å². The molecule has 0 radical (unpaired) electrons. The monoisotopic (exact) mass is 296 g/mol. The lowest BCUT2D eigenvalue weighted by atomic mass is 10.1. The fraction of sp³-hybridized carbons (Fsp3) is 0.562. The number of hydrogen-bond acceptors (Lipinski definition) is 5. The zero-order valence-electron chi connectivity index (χ0n) is 12.8. The molecular weight excluding hydrogens is 272 g/mol. The van der Waals surface area contributed by atoms with Gasteiger partial charge < -0.3 is 18.9 Å². The van der Waals surface area contributed by atoms with E-state index in [9.17, 15) is 4.79 Å². The Morgan fingerprint density at radius 3 is 2.38 bits per heavy atom. The second kappa shape index (κ2) is 11.3. The van der Waals surface area contributed by atoms with Crippen LogP contribution in [-0.4, -0.2) is 52.5 Å². The van der Waals surface area contributed by atoms with Crippen LogP contribution >= 0.6 is 0 Å². The largest absolute Gasteiger partial charge is 0.494 e. The molecule has 21 heavy (non-hydrogen) atoms. The number of hydrogen-bond donors (Lipinski definition) is 0. The number of ether oxygens (including phenoxy) is 4. The number of methoxy groups -OCH3 is 1. The quantitative estimate of drug-likeness (QED) is 0.438. The van der Waals surface area contributed by atoms with Crippen LogP contribution in [0.4, 0.5) is 0 Å². The third kappa shape index (κ3) is 7.80. The van der Waals surface area contributed by atoms with Crippen LogP contribution in [0.3, 0.4) is 0 Å². The Hall–Kier alpha value is -1.43. The number of carbonyl (C=O) groups excluding carboxylic acids is 1. The molecule has 0 heterocycles. The Balaban J connectivity index is 2.13. The molecular formula is C16H24O5. The van der Waals surface area contributed by atoms with Gasteiger partial charge in [0, 0.05) is 25.9 Å². The normalized spacial score (nSPS) is 10.6. The summed E-state index contributed by atoms with van der Waals surface area (Å²) < 4.78 is 20.9. The van der Waals surface area contributed by atoms with E-state index in [4.69, 9.17) is 18.9 Å². The molecule has 0 saturated heterocycles. The maximum absolute atomic E-state index is 11.9. The molecule has 0 bridgehead atoms. The highest BCUT2D eigenvalue weighted by molar-refractivity contribution is 5.97. The van der Waals surface area contributed by atoms with Gasteiger partial charge in [-0.05, 0) is 37.6 Å². The Bertz CT molecular complexity index is 388. The van der Waals surface area contributed by atoms with Crippen LogP contribution in [0.1, 0.15) is 23.7 Å². The van der Waals surface area contributed by atoms with Crippen LogP contribution in [0.15, 0.2) is 24.3 Å². The summed E-state index contributed by atoms with van der Waals surface area (Å²) in [5.74, 6) is 0.719. The number of carbonyl (C=O) groups is 1. The molecule has 0 aliphatic rings. The first-order chi connectivity index (χ1) is 10.3. The molecule has 5 nitrogen and oxygen atoms in total. The van der Waals surface area contributed by atoms with Gasteiger partial charge >= 0.3 is 0 Å². The van der Waals surface area contributed by atoms with Gasteiger partial charge in [-0.15, -0.1) is 0 Å². The second-order valence-electron chi connectivity index (χ2n) is 4.39. The van der Waals surface area contributed by atoms with Crippen LogP contribution in [0.25, 0.3) is 0 Å². The van der Waals surface area contributed by atoms with Crippen LogP contribution in [-0.2, 0) is 14.2 Å². The molecule has 0 atom stereocenters. The van der Waals surface area contributed by atoms with E-state index in [-0.39, 0.29) is 12.4 Å². The first kappa shape index (κ1) is 17.6. The average Bonchev–Trinajstić information content (AvgIpc) is 2.51. The molecule has 0 aliphatic heterocycles. The predicted molar refractivity (Wildman–Crippen MR) is 80.1 cm³/mol. The Morgan fingerprint density at radius 2 is 1.71 bits per heavy atom. The van der Waals surface area contributed by atoms with E-state index in [1.165, 1.54) is 0 Å². The molecule has 5 heteroatoms. The summed E-state index contributed by atoms with van der Waals surface area (Å²) in [5.41, 5.74) is 0.625. The number of rotatable bonds is 12. The minimum atomic E-state index is -0.0440. The summed E-state index contributed by atoms with van der Waals surface area (Å²) in [5, 5.41) is 0. The van der Waals surface area contributed by atoms with Gasteiger partial charge in [-0.3, -0.25) is 4.79 Å². The molecule has 1 aromatic rings. The second-order valence-corrected chi connectivity index (χ2v) is 4.39. The lowest BCUT2D eigenvalue weighted by Gasteiger charge is -2.06. The zero-order valence-corrected chi connectivity index (χ0v) is 12.8. The lowest BCUT2D eigenvalue weighted by Crippen LogP contribution is -2.13. The fourth-order valence-electron chi connectivity index (χ4n) is 1.68. The summed E-state index contributed by atoms with van der Waals surface area (Å²) in [6.45, 7) is 4.83. The van der Waals surface area contributed by atoms with E-state index < -0.39 is 0 Å². The lowest BCUT2D eigenvalue weighted by molar-refractivity contribution is 0.0382. The van der Waals surface area contributed by atoms with Gasteiger partial charge in [0.05, 0.1) is 19.8 Å². The summed E-state index contributed by atoms with van der Waals surface area (Å²) in [6.07, 6.45) is 0.863. The summed E-state index contributed by atoms with van der Waals surface area (Å²) in [7, 11) is 1.66. The first-order valence-corrected chi connectivity index (χ1v) is 7.18. The number of Topliss-reactive ketones (excluding diaryl/α,β-unsaturated/α-hetero) is 1. The van der Waals surface area contributed by atoms with E-state index in [1.807, 2.05) is 6.92 Å². The summed E-state index contributed by atoms with van der Waals surface area (Å²) in [4.78, 5) is 11.9. The van der Waals surface area contributed by atoms with Crippen molar-refractivity contribution in [2.75, 3.05) is 46.8 Å². The van der Waals surface area contributed by atoms with Crippen molar-refractivity contribution in [3.8, 4) is 5.75 Å². The van der Waals surface area contributed by atoms with Crippen LogP contribution in [0, 0.1) is 0 Å². The van der Waals surface area contributed by atoms with Gasteiger partial charge in [0.2, 0.25) is 0 Å². The SMILES string of the molecule is CCOc1ccc(C(=O)COCCOCCCOC)cc1. The molecule has 0 unspecified atom stereocenters. The van der Waals surface area contributed by atoms with Crippen molar-refractivity contribution in [1.29, 1.82) is 0 Å². The highest BCUT2D eigenvalue weighted by Gasteiger charge is 2.06. The standard InChI is InChI=1S/C16H24O5/c1-3-21-15-7-5-14(6-8-15)16(17)13-20-12-11-19-10-4-9-18-2/h5-8H,3-4,9-13H2,1-2H3. The van der Waals surface area contributed by atoms with Gasteiger partial charge in [-0.1, -0.05) is 0 Å². The maximum atomic E-state index is 11.9. The maximum Gasteiger partial charge on any atom is 0.188 e. The molecule has 0 fully saturated rings. The third-order valence-corrected chi connectivity index (χ3v) is 2.73. The smallest absolute Gasteiger partial charge is 0.188 e. The van der Waals surface area contributed by atoms with Crippen molar-refractivity contribution < 1.29 is 23.7 Å². The minimum Gasteiger partial charge on any atom is -0.494 e. The molecule has 0 amide bonds. The van der Waals surface area contributed by atoms with Crippen LogP contribution in [0.5, 0.6) is 5.75 Å². The van der Waals surface area contributed by atoms with Crippen molar-refractivity contribution in [2.45, 2.75) is 13.3 Å². The van der Waals surface area contributed by atoms with Crippen molar-refractivity contribution in [3.63, 3.8) is 0 Å². The average molecular weight is 296 g/mol. The molecule has 0 N–H and O–H groups in total. The highest BCUT2D eigenvalue weighted by atomic mass is 16.5. The number of ketones is 1. The van der Waals surface area contributed by atoms with Gasteiger partial charge in [0.1, 0.15) is 12.4 Å². The highest BCUT2D eigenvalue weighted by Crippen LogP contribution is 2.12. The molecule has 118 valence electrons. The van der Waals surface area contributed by atoms with E-state index in [0.717, 1.165) is 12.2 Å². The van der Waals surface area contributed by atoms with Crippen molar-refractivity contribution in [3.05, 3.63) is 29.8 Å². The summed E-state index contributed by atoms with van der Waals surface area (Å²) in [6, 6.07) is 7.07. The molecule has 0 aliphatic carbocycles. The number of benzene rings is 1. The molecule has 1 aromatic carbocycles. The topological polar surface area (TPSA) is 54.0 Å². The molecule has 0 saturated carbocycles. The first-order valence-electron chi connectivity index (χ1n) is 7.18. The Labute approximate surface area is 126 Å². The molecule has 0 spiro atoms. The van der Waals surface area contributed by atoms with Gasteiger partial charge in [0.25, 0.3) is 0 Å². The van der Waals surface area contributed by atoms with Gasteiger partial charge in [-0.2, -0.15) is 0 Å². The van der Waals surface area contributed by atoms with E-state index in [2.05, 4.69) is 0 Å². The third-order valence-electron chi connectivity index (χ3n) is 2.73. The van der Waals surface area contributed by atoms with E-state index in [1.54, 1.807) is 31.4 Å². The molecule has 1 rings (SSSR count). The fourth-order valence-corrected chi connectivity index (χ4v) is 1.68. The van der Waals surface area contributed by atoms with Crippen LogP contribution < -0.4 is 4.74 Å². The summed E-state index contributed by atoms with van der Waals surface area (Å²) >= 11 is 0. The zero-order chi connectivity index (χ0) is 15.3. The van der Waals surface area contributed by atoms with Crippen molar-refractivity contribution >= 4 is 5.78 Å². The molecule has 0 aromatic heterocycles. The van der Waals surface area contributed by atoms with Crippen molar-refractivity contribution in [1.82, 2.24) is 0 Å². The van der Waals surface area contributed by atoms with E-state index in [0.29, 0.717) is 38.6 Å².